The summed E-state index contributed by atoms with van der Waals surface area (Å²) in [6.07, 6.45) is 2.07. The molecule has 0 amide bonds. The normalized spacial score (nSPS) is 15.4. The van der Waals surface area contributed by atoms with E-state index in [1.54, 1.807) is 0 Å². The summed E-state index contributed by atoms with van der Waals surface area (Å²) < 4.78 is 0. The molecular weight excluding hydrogens is 194 g/mol. The van der Waals surface area contributed by atoms with Crippen molar-refractivity contribution in [3.8, 4) is 0 Å². The zero-order valence-corrected chi connectivity index (χ0v) is 10.6. The lowest BCUT2D eigenvalue weighted by Crippen LogP contribution is -2.32. The maximum atomic E-state index is 9.65. The van der Waals surface area contributed by atoms with E-state index in [1.165, 1.54) is 17.9 Å². The Kier molecular flexibility index (Phi) is 10.0. The van der Waals surface area contributed by atoms with Crippen LogP contribution in [0.3, 0.4) is 0 Å². The number of nitrogens with one attached hydrogen (secondary N) is 1. The number of rotatable bonds is 9. The highest BCUT2D eigenvalue weighted by molar-refractivity contribution is 7.99. The fourth-order valence-corrected chi connectivity index (χ4v) is 1.80. The van der Waals surface area contributed by atoms with Gasteiger partial charge in [0.05, 0.1) is 6.10 Å². The minimum atomic E-state index is -0.182. The molecule has 0 radical (unpaired) electrons. The van der Waals surface area contributed by atoms with Crippen LogP contribution in [0.1, 0.15) is 33.6 Å². The SMILES string of the molecule is CCSCCCNCC(O)C(C)CC. The first-order valence-corrected chi connectivity index (χ1v) is 6.84. The summed E-state index contributed by atoms with van der Waals surface area (Å²) in [5.74, 6) is 2.84. The van der Waals surface area contributed by atoms with Crippen molar-refractivity contribution >= 4 is 11.8 Å². The smallest absolute Gasteiger partial charge is 0.0689 e. The zero-order valence-electron chi connectivity index (χ0n) is 9.75. The molecule has 0 spiro atoms. The van der Waals surface area contributed by atoms with E-state index >= 15 is 0 Å². The van der Waals surface area contributed by atoms with Crippen molar-refractivity contribution in [1.82, 2.24) is 5.32 Å². The lowest BCUT2D eigenvalue weighted by atomic mass is 10.0. The van der Waals surface area contributed by atoms with Gasteiger partial charge in [0.25, 0.3) is 0 Å². The first-order chi connectivity index (χ1) is 6.72. The second kappa shape index (κ2) is 9.81. The molecule has 0 aliphatic heterocycles. The van der Waals surface area contributed by atoms with Gasteiger partial charge in [0.1, 0.15) is 0 Å². The molecule has 2 atom stereocenters. The summed E-state index contributed by atoms with van der Waals surface area (Å²) >= 11 is 1.98. The predicted octanol–water partition coefficient (Wildman–Crippen LogP) is 2.13. The Balaban J connectivity index is 3.18. The van der Waals surface area contributed by atoms with E-state index in [4.69, 9.17) is 0 Å². The molecule has 0 aliphatic carbocycles. The lowest BCUT2D eigenvalue weighted by Gasteiger charge is -2.17. The van der Waals surface area contributed by atoms with Crippen LogP contribution in [0.15, 0.2) is 0 Å². The van der Waals surface area contributed by atoms with Crippen molar-refractivity contribution in [2.24, 2.45) is 5.92 Å². The third-order valence-electron chi connectivity index (χ3n) is 2.50. The van der Waals surface area contributed by atoms with E-state index in [1.807, 2.05) is 11.8 Å². The van der Waals surface area contributed by atoms with Crippen LogP contribution in [-0.2, 0) is 0 Å². The Morgan fingerprint density at radius 2 is 2.07 bits per heavy atom. The summed E-state index contributed by atoms with van der Waals surface area (Å²) in [5, 5.41) is 12.9. The van der Waals surface area contributed by atoms with Crippen molar-refractivity contribution in [3.05, 3.63) is 0 Å². The van der Waals surface area contributed by atoms with E-state index in [2.05, 4.69) is 26.1 Å². The molecule has 2 N–H and O–H groups in total. The number of hydrogen-bond acceptors (Lipinski definition) is 3. The summed E-state index contributed by atoms with van der Waals surface area (Å²) in [5.41, 5.74) is 0. The van der Waals surface area contributed by atoms with E-state index in [0.29, 0.717) is 5.92 Å². The predicted molar refractivity (Wildman–Crippen MR) is 65.9 cm³/mol. The number of hydrogen-bond donors (Lipinski definition) is 2. The molecule has 0 aromatic rings. The van der Waals surface area contributed by atoms with Gasteiger partial charge < -0.3 is 10.4 Å². The molecule has 0 saturated carbocycles. The topological polar surface area (TPSA) is 32.3 Å². The fraction of sp³-hybridized carbons (Fsp3) is 1.00. The number of aliphatic hydroxyl groups excluding tert-OH is 1. The summed E-state index contributed by atoms with van der Waals surface area (Å²) in [6, 6.07) is 0. The summed E-state index contributed by atoms with van der Waals surface area (Å²) in [4.78, 5) is 0. The molecule has 0 bridgehead atoms. The molecule has 2 unspecified atom stereocenters. The van der Waals surface area contributed by atoms with E-state index < -0.39 is 0 Å². The van der Waals surface area contributed by atoms with Gasteiger partial charge in [-0.15, -0.1) is 0 Å². The molecule has 0 aromatic carbocycles. The van der Waals surface area contributed by atoms with Gasteiger partial charge in [-0.25, -0.2) is 0 Å². The van der Waals surface area contributed by atoms with Gasteiger partial charge in [-0.2, -0.15) is 11.8 Å². The first-order valence-electron chi connectivity index (χ1n) is 5.68. The highest BCUT2D eigenvalue weighted by Crippen LogP contribution is 2.06. The third-order valence-corrected chi connectivity index (χ3v) is 3.49. The number of thioether (sulfide) groups is 1. The Morgan fingerprint density at radius 3 is 2.64 bits per heavy atom. The molecule has 0 rings (SSSR count). The van der Waals surface area contributed by atoms with Crippen LogP contribution in [0.2, 0.25) is 0 Å². The highest BCUT2D eigenvalue weighted by atomic mass is 32.2. The highest BCUT2D eigenvalue weighted by Gasteiger charge is 2.10. The van der Waals surface area contributed by atoms with Gasteiger partial charge in [-0.1, -0.05) is 27.2 Å². The van der Waals surface area contributed by atoms with Crippen molar-refractivity contribution in [3.63, 3.8) is 0 Å². The van der Waals surface area contributed by atoms with Crippen LogP contribution < -0.4 is 5.32 Å². The Morgan fingerprint density at radius 1 is 1.36 bits per heavy atom. The fourth-order valence-electron chi connectivity index (χ4n) is 1.17. The average molecular weight is 219 g/mol. The van der Waals surface area contributed by atoms with Crippen LogP contribution in [0.4, 0.5) is 0 Å². The van der Waals surface area contributed by atoms with Crippen LogP contribution in [0, 0.1) is 5.92 Å². The largest absolute Gasteiger partial charge is 0.392 e. The standard InChI is InChI=1S/C11H25NOS/c1-4-10(3)11(13)9-12-7-6-8-14-5-2/h10-13H,4-9H2,1-3H3. The quantitative estimate of drug-likeness (QED) is 0.583. The van der Waals surface area contributed by atoms with Crippen LogP contribution in [-0.4, -0.2) is 35.8 Å². The minimum Gasteiger partial charge on any atom is -0.392 e. The molecule has 2 nitrogen and oxygen atoms in total. The Bertz CT molecular complexity index is 122. The van der Waals surface area contributed by atoms with Gasteiger partial charge in [-0.3, -0.25) is 0 Å². The van der Waals surface area contributed by atoms with Gasteiger partial charge in [0, 0.05) is 6.54 Å². The van der Waals surface area contributed by atoms with E-state index in [-0.39, 0.29) is 6.10 Å². The monoisotopic (exact) mass is 219 g/mol. The second-order valence-corrected chi connectivity index (χ2v) is 5.10. The Labute approximate surface area is 92.9 Å². The third kappa shape index (κ3) is 7.65. The Hall–Kier alpha value is 0.270. The zero-order chi connectivity index (χ0) is 10.8. The number of aliphatic hydroxyl groups is 1. The van der Waals surface area contributed by atoms with E-state index in [9.17, 15) is 5.11 Å². The van der Waals surface area contributed by atoms with E-state index in [0.717, 1.165) is 19.5 Å². The van der Waals surface area contributed by atoms with Gasteiger partial charge in [0.2, 0.25) is 0 Å². The summed E-state index contributed by atoms with van der Waals surface area (Å²) in [6.45, 7) is 8.17. The van der Waals surface area contributed by atoms with Crippen LogP contribution in [0.5, 0.6) is 0 Å². The average Bonchev–Trinajstić information content (AvgIpc) is 2.21. The molecule has 86 valence electrons. The molecule has 0 saturated heterocycles. The van der Waals surface area contributed by atoms with Crippen LogP contribution >= 0.6 is 11.8 Å². The van der Waals surface area contributed by atoms with Crippen molar-refractivity contribution < 1.29 is 5.11 Å². The first kappa shape index (κ1) is 14.3. The molecule has 0 heterocycles. The van der Waals surface area contributed by atoms with Crippen LogP contribution in [0.25, 0.3) is 0 Å². The van der Waals surface area contributed by atoms with Gasteiger partial charge in [-0.05, 0) is 30.4 Å². The van der Waals surface area contributed by atoms with Crippen molar-refractivity contribution in [2.75, 3.05) is 24.6 Å². The minimum absolute atomic E-state index is 0.182. The lowest BCUT2D eigenvalue weighted by molar-refractivity contribution is 0.113. The maximum absolute atomic E-state index is 9.65. The molecule has 0 aliphatic rings. The molecular formula is C11H25NOS. The van der Waals surface area contributed by atoms with Crippen molar-refractivity contribution in [2.45, 2.75) is 39.7 Å². The molecule has 0 aromatic heterocycles. The molecule has 0 fully saturated rings. The summed E-state index contributed by atoms with van der Waals surface area (Å²) in [7, 11) is 0. The molecule has 3 heteroatoms. The van der Waals surface area contributed by atoms with Crippen molar-refractivity contribution in [1.29, 1.82) is 0 Å². The van der Waals surface area contributed by atoms with Gasteiger partial charge in [0.15, 0.2) is 0 Å². The van der Waals surface area contributed by atoms with Gasteiger partial charge >= 0.3 is 0 Å². The second-order valence-electron chi connectivity index (χ2n) is 3.71. The maximum Gasteiger partial charge on any atom is 0.0689 e. The molecule has 14 heavy (non-hydrogen) atoms.